The molecule has 10 nitrogen and oxygen atoms in total. The summed E-state index contributed by atoms with van der Waals surface area (Å²) in [5, 5.41) is 29.5. The molecule has 1 aliphatic carbocycles. The van der Waals surface area contributed by atoms with Gasteiger partial charge in [0.15, 0.2) is 0 Å². The van der Waals surface area contributed by atoms with Gasteiger partial charge in [-0.05, 0) is 25.7 Å². The van der Waals surface area contributed by atoms with Crippen LogP contribution in [0.1, 0.15) is 39.5 Å². The fourth-order valence-electron chi connectivity index (χ4n) is 2.96. The highest BCUT2D eigenvalue weighted by atomic mass is 32.2. The molecule has 2 atom stereocenters. The highest BCUT2D eigenvalue weighted by Crippen LogP contribution is 2.21. The van der Waals surface area contributed by atoms with E-state index in [-0.39, 0.29) is 23.6 Å². The quantitative estimate of drug-likeness (QED) is 0.223. The number of nitrogens with one attached hydrogen (secondary N) is 4. The zero-order chi connectivity index (χ0) is 24.3. The predicted molar refractivity (Wildman–Crippen MR) is 133 cm³/mol. The molecule has 1 fully saturated rings. The van der Waals surface area contributed by atoms with Crippen molar-refractivity contribution < 1.29 is 29.4 Å². The van der Waals surface area contributed by atoms with Gasteiger partial charge in [-0.3, -0.25) is 9.59 Å². The molecule has 0 aromatic carbocycles. The Bertz CT molecular complexity index is 670. The van der Waals surface area contributed by atoms with Crippen molar-refractivity contribution in [1.29, 1.82) is 0 Å². The summed E-state index contributed by atoms with van der Waals surface area (Å²) in [6, 6.07) is -1.67. The van der Waals surface area contributed by atoms with E-state index >= 15 is 0 Å². The molecule has 1 rings (SSSR count). The summed E-state index contributed by atoms with van der Waals surface area (Å²) in [5.74, 6) is -2.76. The third kappa shape index (κ3) is 11.8. The Labute approximate surface area is 205 Å². The van der Waals surface area contributed by atoms with Crippen molar-refractivity contribution in [3.63, 3.8) is 0 Å². The fraction of sp³-hybridized carbons (Fsp3) is 0.667. The van der Waals surface area contributed by atoms with Crippen molar-refractivity contribution in [2.45, 2.75) is 63.7 Å². The van der Waals surface area contributed by atoms with Crippen LogP contribution in [0.3, 0.4) is 0 Å². The molecule has 2 amide bonds. The number of thioether (sulfide) groups is 2. The molecule has 0 radical (unpaired) electrons. The number of rotatable bonds is 10. The van der Waals surface area contributed by atoms with E-state index in [2.05, 4.69) is 21.3 Å². The minimum atomic E-state index is -1.11. The van der Waals surface area contributed by atoms with E-state index in [0.717, 1.165) is 25.7 Å². The Morgan fingerprint density at radius 2 is 1.09 bits per heavy atom. The topological polar surface area (TPSA) is 157 Å². The van der Waals surface area contributed by atoms with Crippen molar-refractivity contribution in [1.82, 2.24) is 21.3 Å². The Morgan fingerprint density at radius 3 is 1.34 bits per heavy atom. The Balaban J connectivity index is 2.32. The molecule has 1 aliphatic rings. The zero-order valence-corrected chi connectivity index (χ0v) is 21.0. The second kappa shape index (κ2) is 14.5. The number of thiocarbonyl (C=S) groups is 2. The van der Waals surface area contributed by atoms with Crippen LogP contribution in [-0.2, 0) is 19.2 Å². The maximum atomic E-state index is 11.2. The van der Waals surface area contributed by atoms with Gasteiger partial charge in [-0.15, -0.1) is 0 Å². The van der Waals surface area contributed by atoms with E-state index in [9.17, 15) is 19.2 Å². The number of hydrogen-bond donors (Lipinski definition) is 6. The van der Waals surface area contributed by atoms with Crippen LogP contribution < -0.4 is 21.3 Å². The molecule has 6 N–H and O–H groups in total. The summed E-state index contributed by atoms with van der Waals surface area (Å²) in [6.07, 6.45) is 3.35. The SMILES string of the molecule is CC(=O)N[C@@H](CSC(=S)NC1CCC(NC(=S)SC[C@H](NC(C)=O)C(=O)O)CC1)C(=O)O. The molecule has 32 heavy (non-hydrogen) atoms. The van der Waals surface area contributed by atoms with Crippen LogP contribution in [0.4, 0.5) is 0 Å². The number of carboxylic acids is 2. The second-order valence-corrected chi connectivity index (χ2v) is 10.6. The molecule has 0 heterocycles. The van der Waals surface area contributed by atoms with Crippen LogP contribution in [0.25, 0.3) is 0 Å². The third-order valence-corrected chi connectivity index (χ3v) is 7.19. The lowest BCUT2D eigenvalue weighted by Gasteiger charge is -2.31. The van der Waals surface area contributed by atoms with Crippen LogP contribution in [0.15, 0.2) is 0 Å². The molecular weight excluding hydrogens is 496 g/mol. The van der Waals surface area contributed by atoms with Gasteiger partial charge in [0.25, 0.3) is 0 Å². The smallest absolute Gasteiger partial charge is 0.327 e. The molecule has 180 valence electrons. The first kappa shape index (κ1) is 28.4. The summed E-state index contributed by atoms with van der Waals surface area (Å²) < 4.78 is 0.976. The average Bonchev–Trinajstić information content (AvgIpc) is 2.69. The van der Waals surface area contributed by atoms with Crippen LogP contribution in [0.5, 0.6) is 0 Å². The molecule has 14 heteroatoms. The van der Waals surface area contributed by atoms with E-state index < -0.39 is 35.8 Å². The van der Waals surface area contributed by atoms with Gasteiger partial charge in [-0.25, -0.2) is 9.59 Å². The molecule has 0 aliphatic heterocycles. The number of carboxylic acid groups (broad SMARTS) is 2. The Kier molecular flexibility index (Phi) is 12.9. The summed E-state index contributed by atoms with van der Waals surface area (Å²) in [6.45, 7) is 2.53. The lowest BCUT2D eigenvalue weighted by atomic mass is 9.91. The van der Waals surface area contributed by atoms with Gasteiger partial charge in [0.1, 0.15) is 20.7 Å². The summed E-state index contributed by atoms with van der Waals surface area (Å²) in [4.78, 5) is 44.5. The van der Waals surface area contributed by atoms with E-state index in [1.165, 1.54) is 37.4 Å². The summed E-state index contributed by atoms with van der Waals surface area (Å²) in [7, 11) is 0. The van der Waals surface area contributed by atoms with E-state index in [1.807, 2.05) is 0 Å². The van der Waals surface area contributed by atoms with Crippen LogP contribution in [0.2, 0.25) is 0 Å². The molecule has 0 aromatic heterocycles. The maximum Gasteiger partial charge on any atom is 0.327 e. The van der Waals surface area contributed by atoms with E-state index in [0.29, 0.717) is 8.64 Å². The first-order valence-electron chi connectivity index (χ1n) is 9.84. The first-order chi connectivity index (χ1) is 15.0. The number of amides is 2. The lowest BCUT2D eigenvalue weighted by Crippen LogP contribution is -2.44. The summed E-state index contributed by atoms with van der Waals surface area (Å²) in [5.41, 5.74) is 0. The van der Waals surface area contributed by atoms with Gasteiger partial charge in [0.2, 0.25) is 11.8 Å². The van der Waals surface area contributed by atoms with Gasteiger partial charge in [-0.1, -0.05) is 48.0 Å². The number of carbonyl (C=O) groups excluding carboxylic acids is 2. The maximum absolute atomic E-state index is 11.2. The molecule has 0 unspecified atom stereocenters. The first-order valence-corrected chi connectivity index (χ1v) is 12.6. The summed E-state index contributed by atoms with van der Waals surface area (Å²) >= 11 is 12.9. The van der Waals surface area contributed by atoms with Gasteiger partial charge < -0.3 is 31.5 Å². The largest absolute Gasteiger partial charge is 0.480 e. The number of hydrogen-bond acceptors (Lipinski definition) is 8. The van der Waals surface area contributed by atoms with Crippen LogP contribution >= 0.6 is 48.0 Å². The van der Waals surface area contributed by atoms with Crippen molar-refractivity contribution >= 4 is 80.4 Å². The lowest BCUT2D eigenvalue weighted by molar-refractivity contribution is -0.141. The van der Waals surface area contributed by atoms with Crippen molar-refractivity contribution in [2.75, 3.05) is 11.5 Å². The van der Waals surface area contributed by atoms with Gasteiger partial charge in [0.05, 0.1) is 0 Å². The van der Waals surface area contributed by atoms with Crippen molar-refractivity contribution in [3.8, 4) is 0 Å². The molecule has 0 spiro atoms. The van der Waals surface area contributed by atoms with E-state index in [4.69, 9.17) is 34.6 Å². The van der Waals surface area contributed by atoms with E-state index in [1.54, 1.807) is 0 Å². The molecular formula is C18H28N4O6S4. The zero-order valence-electron chi connectivity index (χ0n) is 17.7. The number of aliphatic carboxylic acids is 2. The normalized spacial score (nSPS) is 19.7. The van der Waals surface area contributed by atoms with Crippen LogP contribution in [-0.4, -0.2) is 78.3 Å². The minimum absolute atomic E-state index is 0.138. The minimum Gasteiger partial charge on any atom is -0.480 e. The van der Waals surface area contributed by atoms with Crippen molar-refractivity contribution in [2.24, 2.45) is 0 Å². The third-order valence-electron chi connectivity index (χ3n) is 4.48. The van der Waals surface area contributed by atoms with Gasteiger partial charge >= 0.3 is 11.9 Å². The molecule has 0 bridgehead atoms. The highest BCUT2D eigenvalue weighted by Gasteiger charge is 2.25. The standard InChI is InChI=1S/C18H28N4O6S4/c1-9(23)19-13(15(25)26)7-31-17(29)21-11-3-5-12(6-4-11)22-18(30)32-8-14(16(27)28)20-10(2)24/h11-14H,3-8H2,1-2H3,(H,19,23)(H,20,24)(H,21,29)(H,22,30)(H,25,26)(H,27,28)/t11?,12?,13-,14-/m0/s1. The Morgan fingerprint density at radius 1 is 0.781 bits per heavy atom. The van der Waals surface area contributed by atoms with Crippen molar-refractivity contribution in [3.05, 3.63) is 0 Å². The second-order valence-electron chi connectivity index (χ2n) is 7.22. The van der Waals surface area contributed by atoms with Gasteiger partial charge in [-0.2, -0.15) is 0 Å². The molecule has 0 saturated heterocycles. The van der Waals surface area contributed by atoms with Crippen LogP contribution in [0, 0.1) is 0 Å². The highest BCUT2D eigenvalue weighted by molar-refractivity contribution is 8.23. The molecule has 1 saturated carbocycles. The fourth-order valence-corrected chi connectivity index (χ4v) is 5.29. The Hall–Kier alpha value is -1.64. The monoisotopic (exact) mass is 524 g/mol. The number of carbonyl (C=O) groups is 4. The average molecular weight is 525 g/mol. The van der Waals surface area contributed by atoms with Gasteiger partial charge in [0, 0.05) is 37.4 Å². The molecule has 0 aromatic rings. The predicted octanol–water partition coefficient (Wildman–Crippen LogP) is 0.692.